The summed E-state index contributed by atoms with van der Waals surface area (Å²) in [6, 6.07) is 2.83. The van der Waals surface area contributed by atoms with Crippen molar-refractivity contribution >= 4 is 39.7 Å². The van der Waals surface area contributed by atoms with Crippen LogP contribution in [-0.2, 0) is 16.1 Å². The van der Waals surface area contributed by atoms with Gasteiger partial charge in [0.2, 0.25) is 0 Å². The molecule has 0 aromatic heterocycles. The normalized spacial score (nSPS) is 11.8. The van der Waals surface area contributed by atoms with Crippen molar-refractivity contribution in [1.82, 2.24) is 5.32 Å². The SMILES string of the molecule is CSCC[C@@H](NC(N)=O)C(=O)OCc1ccc(Br)cc1F. The highest BCUT2D eigenvalue weighted by atomic mass is 79.9. The number of nitrogens with one attached hydrogen (secondary N) is 1. The third-order valence-electron chi connectivity index (χ3n) is 2.60. The summed E-state index contributed by atoms with van der Waals surface area (Å²) in [6.07, 6.45) is 2.27. The number of ether oxygens (including phenoxy) is 1. The summed E-state index contributed by atoms with van der Waals surface area (Å²) < 4.78 is 19.2. The molecule has 1 atom stereocenters. The van der Waals surface area contributed by atoms with E-state index in [1.807, 2.05) is 6.26 Å². The summed E-state index contributed by atoms with van der Waals surface area (Å²) in [5.74, 6) is -0.446. The van der Waals surface area contributed by atoms with Crippen LogP contribution in [-0.4, -0.2) is 30.1 Å². The van der Waals surface area contributed by atoms with Gasteiger partial charge in [-0.15, -0.1) is 0 Å². The van der Waals surface area contributed by atoms with E-state index in [4.69, 9.17) is 10.5 Å². The zero-order chi connectivity index (χ0) is 15.8. The summed E-state index contributed by atoms with van der Waals surface area (Å²) in [5, 5.41) is 2.32. The lowest BCUT2D eigenvalue weighted by Crippen LogP contribution is -2.44. The van der Waals surface area contributed by atoms with Gasteiger partial charge in [-0.3, -0.25) is 0 Å². The van der Waals surface area contributed by atoms with Crippen LogP contribution in [0.4, 0.5) is 9.18 Å². The maximum atomic E-state index is 13.6. The van der Waals surface area contributed by atoms with Crippen LogP contribution in [0.2, 0.25) is 0 Å². The van der Waals surface area contributed by atoms with E-state index in [0.29, 0.717) is 16.6 Å². The lowest BCUT2D eigenvalue weighted by Gasteiger charge is -2.16. The highest BCUT2D eigenvalue weighted by Gasteiger charge is 2.21. The minimum Gasteiger partial charge on any atom is -0.459 e. The molecule has 0 spiro atoms. The maximum Gasteiger partial charge on any atom is 0.329 e. The first-order chi connectivity index (χ1) is 9.93. The summed E-state index contributed by atoms with van der Waals surface area (Å²) in [4.78, 5) is 22.8. The Kier molecular flexibility index (Phi) is 7.52. The van der Waals surface area contributed by atoms with Gasteiger partial charge in [0, 0.05) is 10.0 Å². The van der Waals surface area contributed by atoms with E-state index in [-0.39, 0.29) is 12.2 Å². The maximum absolute atomic E-state index is 13.6. The van der Waals surface area contributed by atoms with Gasteiger partial charge in [0.25, 0.3) is 0 Å². The first-order valence-electron chi connectivity index (χ1n) is 6.09. The molecule has 0 bridgehead atoms. The van der Waals surface area contributed by atoms with Gasteiger partial charge < -0.3 is 15.8 Å². The summed E-state index contributed by atoms with van der Waals surface area (Å²) in [6.45, 7) is -0.200. The Bertz CT molecular complexity index is 516. The number of urea groups is 1. The van der Waals surface area contributed by atoms with Crippen molar-refractivity contribution in [2.75, 3.05) is 12.0 Å². The number of amides is 2. The van der Waals surface area contributed by atoms with Gasteiger partial charge in [-0.2, -0.15) is 11.8 Å². The van der Waals surface area contributed by atoms with Crippen molar-refractivity contribution in [1.29, 1.82) is 0 Å². The second-order valence-corrected chi connectivity index (χ2v) is 6.09. The van der Waals surface area contributed by atoms with Gasteiger partial charge in [0.1, 0.15) is 18.5 Å². The average Bonchev–Trinajstić information content (AvgIpc) is 2.41. The second kappa shape index (κ2) is 8.89. The number of thioether (sulfide) groups is 1. The number of rotatable bonds is 7. The standard InChI is InChI=1S/C13H16BrFN2O3S/c1-21-5-4-11(17-13(16)19)12(18)20-7-8-2-3-9(14)6-10(8)15/h2-3,6,11H,4-5,7H2,1H3,(H3,16,17,19)/t11-/m1/s1. The zero-order valence-electron chi connectivity index (χ0n) is 11.4. The molecule has 8 heteroatoms. The van der Waals surface area contributed by atoms with Gasteiger partial charge in [0.05, 0.1) is 0 Å². The molecule has 0 saturated heterocycles. The summed E-state index contributed by atoms with van der Waals surface area (Å²) >= 11 is 4.67. The van der Waals surface area contributed by atoms with Crippen LogP contribution >= 0.6 is 27.7 Å². The Morgan fingerprint density at radius 2 is 2.24 bits per heavy atom. The van der Waals surface area contributed by atoms with Gasteiger partial charge >= 0.3 is 12.0 Å². The van der Waals surface area contributed by atoms with Crippen molar-refractivity contribution in [3.63, 3.8) is 0 Å². The first-order valence-corrected chi connectivity index (χ1v) is 8.28. The molecule has 2 amide bonds. The van der Waals surface area contributed by atoms with E-state index in [1.165, 1.54) is 23.9 Å². The number of carbonyl (C=O) groups excluding carboxylic acids is 2. The highest BCUT2D eigenvalue weighted by molar-refractivity contribution is 9.10. The monoisotopic (exact) mass is 378 g/mol. The zero-order valence-corrected chi connectivity index (χ0v) is 13.8. The molecule has 21 heavy (non-hydrogen) atoms. The fourth-order valence-electron chi connectivity index (χ4n) is 1.54. The summed E-state index contributed by atoms with van der Waals surface area (Å²) in [7, 11) is 0. The molecule has 1 aromatic rings. The second-order valence-electron chi connectivity index (χ2n) is 4.19. The molecule has 0 saturated carbocycles. The smallest absolute Gasteiger partial charge is 0.329 e. The highest BCUT2D eigenvalue weighted by Crippen LogP contribution is 2.16. The average molecular weight is 379 g/mol. The van der Waals surface area contributed by atoms with Crippen molar-refractivity contribution in [2.24, 2.45) is 5.73 Å². The first kappa shape index (κ1) is 17.8. The van der Waals surface area contributed by atoms with E-state index in [0.717, 1.165) is 0 Å². The topological polar surface area (TPSA) is 81.4 Å². The van der Waals surface area contributed by atoms with Crippen LogP contribution in [0.5, 0.6) is 0 Å². The molecule has 1 rings (SSSR count). The quantitative estimate of drug-likeness (QED) is 0.713. The van der Waals surface area contributed by atoms with E-state index >= 15 is 0 Å². The van der Waals surface area contributed by atoms with Crippen LogP contribution in [0.1, 0.15) is 12.0 Å². The molecule has 3 N–H and O–H groups in total. The van der Waals surface area contributed by atoms with E-state index in [1.54, 1.807) is 6.07 Å². The third-order valence-corrected chi connectivity index (χ3v) is 3.73. The minimum atomic E-state index is -0.826. The summed E-state index contributed by atoms with van der Waals surface area (Å²) in [5.41, 5.74) is 5.28. The Morgan fingerprint density at radius 1 is 1.52 bits per heavy atom. The van der Waals surface area contributed by atoms with Gasteiger partial charge in [0.15, 0.2) is 0 Å². The molecule has 0 aliphatic rings. The van der Waals surface area contributed by atoms with Crippen molar-refractivity contribution in [2.45, 2.75) is 19.1 Å². The van der Waals surface area contributed by atoms with Crippen molar-refractivity contribution in [3.05, 3.63) is 34.1 Å². The minimum absolute atomic E-state index is 0.200. The van der Waals surface area contributed by atoms with E-state index < -0.39 is 23.9 Å². The van der Waals surface area contributed by atoms with Crippen LogP contribution in [0.25, 0.3) is 0 Å². The molecule has 116 valence electrons. The Labute approximate surface area is 134 Å². The molecule has 0 aliphatic heterocycles. The Hall–Kier alpha value is -1.28. The van der Waals surface area contributed by atoms with Crippen LogP contribution in [0, 0.1) is 5.82 Å². The molecule has 0 unspecified atom stereocenters. The number of esters is 1. The number of hydrogen-bond donors (Lipinski definition) is 2. The van der Waals surface area contributed by atoms with Gasteiger partial charge in [-0.05, 0) is 30.6 Å². The molecule has 5 nitrogen and oxygen atoms in total. The van der Waals surface area contributed by atoms with Crippen LogP contribution < -0.4 is 11.1 Å². The van der Waals surface area contributed by atoms with Gasteiger partial charge in [-0.1, -0.05) is 22.0 Å². The molecule has 0 fully saturated rings. The third kappa shape index (κ3) is 6.34. The molecule has 0 radical (unpaired) electrons. The number of benzene rings is 1. The number of hydrogen-bond acceptors (Lipinski definition) is 4. The number of carbonyl (C=O) groups is 2. The predicted molar refractivity (Wildman–Crippen MR) is 83.4 cm³/mol. The Balaban J connectivity index is 2.61. The number of primary amides is 1. The van der Waals surface area contributed by atoms with Crippen LogP contribution in [0.15, 0.2) is 22.7 Å². The van der Waals surface area contributed by atoms with E-state index in [2.05, 4.69) is 21.2 Å². The molecular formula is C13H16BrFN2O3S. The molecule has 1 aromatic carbocycles. The fourth-order valence-corrected chi connectivity index (χ4v) is 2.35. The van der Waals surface area contributed by atoms with E-state index in [9.17, 15) is 14.0 Å². The fraction of sp³-hybridized carbons (Fsp3) is 0.385. The van der Waals surface area contributed by atoms with Crippen molar-refractivity contribution < 1.29 is 18.7 Å². The van der Waals surface area contributed by atoms with Crippen LogP contribution in [0.3, 0.4) is 0 Å². The lowest BCUT2D eigenvalue weighted by molar-refractivity contribution is -0.147. The largest absolute Gasteiger partial charge is 0.459 e. The lowest BCUT2D eigenvalue weighted by atomic mass is 10.2. The molecular weight excluding hydrogens is 363 g/mol. The molecule has 0 heterocycles. The predicted octanol–water partition coefficient (Wildman–Crippen LogP) is 2.42. The Morgan fingerprint density at radius 3 is 2.81 bits per heavy atom. The van der Waals surface area contributed by atoms with Gasteiger partial charge in [-0.25, -0.2) is 14.0 Å². The molecule has 0 aliphatic carbocycles. The number of halogens is 2. The van der Waals surface area contributed by atoms with Crippen molar-refractivity contribution in [3.8, 4) is 0 Å². The number of nitrogens with two attached hydrogens (primary N) is 1.